The van der Waals surface area contributed by atoms with E-state index in [-0.39, 0.29) is 5.91 Å². The Morgan fingerprint density at radius 1 is 1.25 bits per heavy atom. The molecule has 5 nitrogen and oxygen atoms in total. The SMILES string of the molecule is CCOc1ccc(/C=C/C(=O)N(C)Cc2ccc(C)o2)cc1OC. The average Bonchev–Trinajstić information content (AvgIpc) is 2.98. The molecule has 0 spiro atoms. The molecule has 5 heteroatoms. The Balaban J connectivity index is 2.02. The lowest BCUT2D eigenvalue weighted by molar-refractivity contribution is -0.125. The molecule has 0 aliphatic rings. The van der Waals surface area contributed by atoms with Crippen LogP contribution in [-0.2, 0) is 11.3 Å². The molecule has 0 saturated heterocycles. The fraction of sp³-hybridized carbons (Fsp3) is 0.316. The molecule has 128 valence electrons. The monoisotopic (exact) mass is 329 g/mol. The Bertz CT molecular complexity index is 718. The Morgan fingerprint density at radius 2 is 2.04 bits per heavy atom. The summed E-state index contributed by atoms with van der Waals surface area (Å²) in [6, 6.07) is 9.31. The summed E-state index contributed by atoms with van der Waals surface area (Å²) in [6.45, 7) is 4.80. The number of hydrogen-bond donors (Lipinski definition) is 0. The Morgan fingerprint density at radius 3 is 2.67 bits per heavy atom. The van der Waals surface area contributed by atoms with Crippen LogP contribution < -0.4 is 9.47 Å². The Labute approximate surface area is 142 Å². The van der Waals surface area contributed by atoms with E-state index < -0.39 is 0 Å². The van der Waals surface area contributed by atoms with Gasteiger partial charge in [-0.2, -0.15) is 0 Å². The van der Waals surface area contributed by atoms with Crippen molar-refractivity contribution in [3.63, 3.8) is 0 Å². The summed E-state index contributed by atoms with van der Waals surface area (Å²) in [4.78, 5) is 13.8. The van der Waals surface area contributed by atoms with Gasteiger partial charge in [-0.1, -0.05) is 6.07 Å². The zero-order valence-corrected chi connectivity index (χ0v) is 14.5. The maximum Gasteiger partial charge on any atom is 0.246 e. The van der Waals surface area contributed by atoms with Gasteiger partial charge >= 0.3 is 0 Å². The molecule has 0 aliphatic heterocycles. The van der Waals surface area contributed by atoms with Crippen LogP contribution in [0.1, 0.15) is 24.0 Å². The highest BCUT2D eigenvalue weighted by Crippen LogP contribution is 2.28. The Hall–Kier alpha value is -2.69. The van der Waals surface area contributed by atoms with Crippen LogP contribution in [0, 0.1) is 6.92 Å². The summed E-state index contributed by atoms with van der Waals surface area (Å²) in [7, 11) is 3.33. The van der Waals surface area contributed by atoms with E-state index in [0.29, 0.717) is 24.7 Å². The van der Waals surface area contributed by atoms with Crippen molar-refractivity contribution < 1.29 is 18.7 Å². The molecule has 0 fully saturated rings. The van der Waals surface area contributed by atoms with Gasteiger partial charge in [-0.15, -0.1) is 0 Å². The van der Waals surface area contributed by atoms with Crippen molar-refractivity contribution in [1.82, 2.24) is 4.90 Å². The third-order valence-electron chi connectivity index (χ3n) is 3.47. The van der Waals surface area contributed by atoms with Gasteiger partial charge in [-0.3, -0.25) is 4.79 Å². The highest BCUT2D eigenvalue weighted by Gasteiger charge is 2.09. The number of aryl methyl sites for hydroxylation is 1. The molecular formula is C19H23NO4. The number of methoxy groups -OCH3 is 1. The van der Waals surface area contributed by atoms with Crippen molar-refractivity contribution >= 4 is 12.0 Å². The van der Waals surface area contributed by atoms with Crippen LogP contribution >= 0.6 is 0 Å². The van der Waals surface area contributed by atoms with E-state index in [4.69, 9.17) is 13.9 Å². The average molecular weight is 329 g/mol. The van der Waals surface area contributed by atoms with E-state index in [0.717, 1.165) is 17.1 Å². The second-order valence-corrected chi connectivity index (χ2v) is 5.38. The fourth-order valence-corrected chi connectivity index (χ4v) is 2.24. The van der Waals surface area contributed by atoms with Gasteiger partial charge in [0.25, 0.3) is 0 Å². The highest BCUT2D eigenvalue weighted by molar-refractivity contribution is 5.91. The maximum absolute atomic E-state index is 12.2. The molecule has 1 aromatic heterocycles. The second kappa shape index (κ2) is 8.24. The molecule has 0 bridgehead atoms. The van der Waals surface area contributed by atoms with Crippen LogP contribution in [-0.4, -0.2) is 31.6 Å². The van der Waals surface area contributed by atoms with Crippen LogP contribution in [0.2, 0.25) is 0 Å². The first-order chi connectivity index (χ1) is 11.5. The molecule has 0 aliphatic carbocycles. The van der Waals surface area contributed by atoms with Gasteiger partial charge in [0, 0.05) is 13.1 Å². The molecular weight excluding hydrogens is 306 g/mol. The molecule has 1 heterocycles. The summed E-state index contributed by atoms with van der Waals surface area (Å²) in [5, 5.41) is 0. The van der Waals surface area contributed by atoms with Gasteiger partial charge < -0.3 is 18.8 Å². The zero-order valence-electron chi connectivity index (χ0n) is 14.5. The molecule has 1 aromatic carbocycles. The van der Waals surface area contributed by atoms with E-state index in [1.54, 1.807) is 25.1 Å². The smallest absolute Gasteiger partial charge is 0.246 e. The number of carbonyl (C=O) groups excluding carboxylic acids is 1. The summed E-state index contributed by atoms with van der Waals surface area (Å²) < 4.78 is 16.3. The van der Waals surface area contributed by atoms with E-state index in [1.807, 2.05) is 44.2 Å². The third-order valence-corrected chi connectivity index (χ3v) is 3.47. The van der Waals surface area contributed by atoms with Gasteiger partial charge in [0.05, 0.1) is 20.3 Å². The lowest BCUT2D eigenvalue weighted by atomic mass is 10.2. The minimum absolute atomic E-state index is 0.100. The lowest BCUT2D eigenvalue weighted by Gasteiger charge is -2.13. The summed E-state index contributed by atoms with van der Waals surface area (Å²) in [5.74, 6) is 2.83. The third kappa shape index (κ3) is 4.65. The summed E-state index contributed by atoms with van der Waals surface area (Å²) in [5.41, 5.74) is 0.867. The number of carbonyl (C=O) groups is 1. The van der Waals surface area contributed by atoms with Crippen LogP contribution in [0.5, 0.6) is 11.5 Å². The zero-order chi connectivity index (χ0) is 17.5. The van der Waals surface area contributed by atoms with Gasteiger partial charge in [-0.05, 0) is 49.8 Å². The first-order valence-electron chi connectivity index (χ1n) is 7.82. The van der Waals surface area contributed by atoms with Crippen molar-refractivity contribution in [3.05, 3.63) is 53.5 Å². The minimum atomic E-state index is -0.100. The molecule has 24 heavy (non-hydrogen) atoms. The van der Waals surface area contributed by atoms with Crippen molar-refractivity contribution in [1.29, 1.82) is 0 Å². The number of benzene rings is 1. The van der Waals surface area contributed by atoms with E-state index >= 15 is 0 Å². The maximum atomic E-state index is 12.2. The number of hydrogen-bond acceptors (Lipinski definition) is 4. The van der Waals surface area contributed by atoms with E-state index in [1.165, 1.54) is 6.08 Å². The molecule has 1 amide bonds. The highest BCUT2D eigenvalue weighted by atomic mass is 16.5. The molecule has 0 unspecified atom stereocenters. The van der Waals surface area contributed by atoms with Gasteiger partial charge in [0.1, 0.15) is 11.5 Å². The van der Waals surface area contributed by atoms with Crippen molar-refractivity contribution in [2.24, 2.45) is 0 Å². The van der Waals surface area contributed by atoms with Gasteiger partial charge in [-0.25, -0.2) is 0 Å². The normalized spacial score (nSPS) is 10.8. The molecule has 2 aromatic rings. The number of rotatable bonds is 7. The molecule has 0 N–H and O–H groups in total. The molecule has 0 radical (unpaired) electrons. The Kier molecular flexibility index (Phi) is 6.07. The van der Waals surface area contributed by atoms with Crippen LogP contribution in [0.3, 0.4) is 0 Å². The quantitative estimate of drug-likeness (QED) is 0.727. The lowest BCUT2D eigenvalue weighted by Crippen LogP contribution is -2.23. The van der Waals surface area contributed by atoms with Crippen LogP contribution in [0.15, 0.2) is 40.8 Å². The fourth-order valence-electron chi connectivity index (χ4n) is 2.24. The molecule has 2 rings (SSSR count). The van der Waals surface area contributed by atoms with Crippen LogP contribution in [0.4, 0.5) is 0 Å². The summed E-state index contributed by atoms with van der Waals surface area (Å²) in [6.07, 6.45) is 3.29. The predicted octanol–water partition coefficient (Wildman–Crippen LogP) is 3.67. The molecule has 0 atom stereocenters. The van der Waals surface area contributed by atoms with Crippen LogP contribution in [0.25, 0.3) is 6.08 Å². The largest absolute Gasteiger partial charge is 0.493 e. The minimum Gasteiger partial charge on any atom is -0.493 e. The van der Waals surface area contributed by atoms with E-state index in [2.05, 4.69) is 0 Å². The summed E-state index contributed by atoms with van der Waals surface area (Å²) >= 11 is 0. The van der Waals surface area contributed by atoms with Crippen molar-refractivity contribution in [2.75, 3.05) is 20.8 Å². The van der Waals surface area contributed by atoms with Crippen molar-refractivity contribution in [3.8, 4) is 11.5 Å². The number of nitrogens with zero attached hydrogens (tertiary/aromatic N) is 1. The predicted molar refractivity (Wildman–Crippen MR) is 93.1 cm³/mol. The number of likely N-dealkylation sites (N-methyl/N-ethyl adjacent to an activating group) is 1. The standard InChI is InChI=1S/C19H23NO4/c1-5-23-17-10-7-15(12-18(17)22-4)8-11-19(21)20(3)13-16-9-6-14(2)24-16/h6-12H,5,13H2,1-4H3/b11-8+. The molecule has 0 saturated carbocycles. The van der Waals surface area contributed by atoms with Gasteiger partial charge in [0.2, 0.25) is 5.91 Å². The number of amides is 1. The number of ether oxygens (including phenoxy) is 2. The first-order valence-corrected chi connectivity index (χ1v) is 7.82. The van der Waals surface area contributed by atoms with Crippen molar-refractivity contribution in [2.45, 2.75) is 20.4 Å². The van der Waals surface area contributed by atoms with Gasteiger partial charge in [0.15, 0.2) is 11.5 Å². The number of furan rings is 1. The topological polar surface area (TPSA) is 51.9 Å². The van der Waals surface area contributed by atoms with E-state index in [9.17, 15) is 4.79 Å². The second-order valence-electron chi connectivity index (χ2n) is 5.38. The first kappa shape index (κ1) is 17.7.